The molecule has 1 amide bonds. The molecular weight excluding hydrogens is 455 g/mol. The normalized spacial score (nSPS) is 21.9. The Labute approximate surface area is 192 Å². The Morgan fingerprint density at radius 1 is 1.09 bits per heavy atom. The fraction of sp³-hybridized carbons (Fsp3) is 0.304. The van der Waals surface area contributed by atoms with Gasteiger partial charge >= 0.3 is 6.18 Å². The molecule has 3 atom stereocenters. The topological polar surface area (TPSA) is 71.0 Å². The predicted molar refractivity (Wildman–Crippen MR) is 117 cm³/mol. The Morgan fingerprint density at radius 2 is 1.85 bits per heavy atom. The molecule has 2 aliphatic rings. The molecular formula is C23H19ClF3N5O. The van der Waals surface area contributed by atoms with Gasteiger partial charge in [-0.1, -0.05) is 29.8 Å². The molecule has 6 nitrogen and oxygen atoms in total. The lowest BCUT2D eigenvalue weighted by Gasteiger charge is -2.26. The third kappa shape index (κ3) is 4.01. The molecule has 0 radical (unpaired) electrons. The van der Waals surface area contributed by atoms with Crippen LogP contribution in [0.2, 0.25) is 5.02 Å². The van der Waals surface area contributed by atoms with Crippen LogP contribution in [0.15, 0.2) is 55.0 Å². The highest BCUT2D eigenvalue weighted by Gasteiger charge is 2.49. The maximum absolute atomic E-state index is 13.6. The van der Waals surface area contributed by atoms with Crippen LogP contribution in [0.25, 0.3) is 11.4 Å². The summed E-state index contributed by atoms with van der Waals surface area (Å²) in [6, 6.07) is 9.56. The molecule has 0 aliphatic carbocycles. The monoisotopic (exact) mass is 473 g/mol. The van der Waals surface area contributed by atoms with Gasteiger partial charge in [0, 0.05) is 36.2 Å². The summed E-state index contributed by atoms with van der Waals surface area (Å²) in [6.45, 7) is 0. The van der Waals surface area contributed by atoms with Crippen molar-refractivity contribution in [1.29, 1.82) is 0 Å². The van der Waals surface area contributed by atoms with Gasteiger partial charge in [0.15, 0.2) is 5.82 Å². The lowest BCUT2D eigenvalue weighted by atomic mass is 9.95. The average Bonchev–Trinajstić information content (AvgIpc) is 3.37. The van der Waals surface area contributed by atoms with Crippen molar-refractivity contribution in [3.8, 4) is 11.4 Å². The third-order valence-electron chi connectivity index (χ3n) is 6.23. The Kier molecular flexibility index (Phi) is 5.44. The number of rotatable bonds is 4. The van der Waals surface area contributed by atoms with Gasteiger partial charge in [0.25, 0.3) is 5.91 Å². The zero-order valence-electron chi connectivity index (χ0n) is 17.3. The van der Waals surface area contributed by atoms with Gasteiger partial charge < -0.3 is 10.2 Å². The van der Waals surface area contributed by atoms with E-state index in [1.54, 1.807) is 30.6 Å². The van der Waals surface area contributed by atoms with Gasteiger partial charge in [-0.3, -0.25) is 4.79 Å². The van der Waals surface area contributed by atoms with E-state index in [-0.39, 0.29) is 34.9 Å². The van der Waals surface area contributed by atoms with Crippen LogP contribution in [0, 0.1) is 0 Å². The van der Waals surface area contributed by atoms with Crippen molar-refractivity contribution in [3.05, 3.63) is 71.1 Å². The summed E-state index contributed by atoms with van der Waals surface area (Å²) in [5.41, 5.74) is 0.279. The SMILES string of the molecule is O=C(c1ccccc1-c1ncccn1)N1[C@@H]2CC[C@H]1[C@H](Nc1ncc(C(F)(F)F)cc1Cl)C2. The van der Waals surface area contributed by atoms with E-state index in [2.05, 4.69) is 20.3 Å². The number of pyridine rings is 1. The maximum Gasteiger partial charge on any atom is 0.417 e. The predicted octanol–water partition coefficient (Wildman–Crippen LogP) is 5.07. The molecule has 2 aromatic heterocycles. The quantitative estimate of drug-likeness (QED) is 0.573. The highest BCUT2D eigenvalue weighted by molar-refractivity contribution is 6.33. The van der Waals surface area contributed by atoms with Gasteiger partial charge in [-0.15, -0.1) is 0 Å². The summed E-state index contributed by atoms with van der Waals surface area (Å²) < 4.78 is 38.7. The first kappa shape index (κ1) is 21.6. The number of benzene rings is 1. The smallest absolute Gasteiger partial charge is 0.364 e. The van der Waals surface area contributed by atoms with E-state index in [0.29, 0.717) is 23.4 Å². The molecule has 1 N–H and O–H groups in total. The van der Waals surface area contributed by atoms with Crippen LogP contribution in [0.4, 0.5) is 19.0 Å². The van der Waals surface area contributed by atoms with Crippen molar-refractivity contribution < 1.29 is 18.0 Å². The fourth-order valence-corrected chi connectivity index (χ4v) is 5.00. The molecule has 33 heavy (non-hydrogen) atoms. The molecule has 2 aliphatic heterocycles. The minimum absolute atomic E-state index is 0.0259. The van der Waals surface area contributed by atoms with E-state index in [1.807, 2.05) is 17.0 Å². The summed E-state index contributed by atoms with van der Waals surface area (Å²) in [5.74, 6) is 0.553. The summed E-state index contributed by atoms with van der Waals surface area (Å²) in [5, 5.41) is 3.07. The third-order valence-corrected chi connectivity index (χ3v) is 6.51. The van der Waals surface area contributed by atoms with E-state index >= 15 is 0 Å². The number of hydrogen-bond acceptors (Lipinski definition) is 5. The van der Waals surface area contributed by atoms with Crippen molar-refractivity contribution >= 4 is 23.3 Å². The number of alkyl halides is 3. The summed E-state index contributed by atoms with van der Waals surface area (Å²) in [6.07, 6.45) is 1.83. The van der Waals surface area contributed by atoms with Crippen LogP contribution in [0.1, 0.15) is 35.2 Å². The van der Waals surface area contributed by atoms with E-state index in [0.717, 1.165) is 25.1 Å². The molecule has 10 heteroatoms. The van der Waals surface area contributed by atoms with Gasteiger partial charge in [-0.25, -0.2) is 15.0 Å². The zero-order chi connectivity index (χ0) is 23.2. The van der Waals surface area contributed by atoms with E-state index in [1.165, 1.54) is 0 Å². The number of amides is 1. The standard InChI is InChI=1S/C23H19ClF3N5O/c24-17-10-13(23(25,26)27)12-30-21(17)31-18-11-14-6-7-19(18)32(14)22(33)16-5-2-1-4-15(16)20-28-8-3-9-29-20/h1-5,8-10,12,14,18-19H,6-7,11H2,(H,30,31)/t14-,18-,19+/m1/s1. The number of nitrogens with one attached hydrogen (secondary N) is 1. The molecule has 4 heterocycles. The van der Waals surface area contributed by atoms with Gasteiger partial charge in [-0.2, -0.15) is 13.2 Å². The Morgan fingerprint density at radius 3 is 2.58 bits per heavy atom. The van der Waals surface area contributed by atoms with Gasteiger partial charge in [0.1, 0.15) is 5.82 Å². The minimum Gasteiger partial charge on any atom is -0.364 e. The first-order valence-corrected chi connectivity index (χ1v) is 10.9. The highest BCUT2D eigenvalue weighted by atomic mass is 35.5. The molecule has 5 rings (SSSR count). The van der Waals surface area contributed by atoms with Crippen LogP contribution in [-0.4, -0.2) is 43.9 Å². The molecule has 0 saturated carbocycles. The van der Waals surface area contributed by atoms with Crippen molar-refractivity contribution in [2.45, 2.75) is 43.6 Å². The molecule has 2 bridgehead atoms. The average molecular weight is 474 g/mol. The second kappa shape index (κ2) is 8.30. The van der Waals surface area contributed by atoms with Crippen molar-refractivity contribution in [1.82, 2.24) is 19.9 Å². The molecule has 3 aromatic rings. The van der Waals surface area contributed by atoms with Crippen LogP contribution in [0.3, 0.4) is 0 Å². The largest absolute Gasteiger partial charge is 0.417 e. The number of carbonyl (C=O) groups is 1. The highest BCUT2D eigenvalue weighted by Crippen LogP contribution is 2.41. The number of nitrogens with zero attached hydrogens (tertiary/aromatic N) is 4. The number of halogens is 4. The fourth-order valence-electron chi connectivity index (χ4n) is 4.78. The summed E-state index contributed by atoms with van der Waals surface area (Å²) >= 11 is 6.08. The van der Waals surface area contributed by atoms with E-state index in [4.69, 9.17) is 11.6 Å². The van der Waals surface area contributed by atoms with Crippen molar-refractivity contribution in [3.63, 3.8) is 0 Å². The van der Waals surface area contributed by atoms with Crippen LogP contribution in [0.5, 0.6) is 0 Å². The number of fused-ring (bicyclic) bond motifs is 2. The number of carbonyl (C=O) groups excluding carboxylic acids is 1. The molecule has 170 valence electrons. The van der Waals surface area contributed by atoms with Gasteiger partial charge in [0.05, 0.1) is 22.2 Å². The number of hydrogen-bond donors (Lipinski definition) is 1. The Hall–Kier alpha value is -3.20. The van der Waals surface area contributed by atoms with Crippen LogP contribution in [-0.2, 0) is 6.18 Å². The van der Waals surface area contributed by atoms with Crippen LogP contribution < -0.4 is 5.32 Å². The van der Waals surface area contributed by atoms with Crippen molar-refractivity contribution in [2.24, 2.45) is 0 Å². The maximum atomic E-state index is 13.6. The lowest BCUT2D eigenvalue weighted by Crippen LogP contribution is -2.40. The first-order valence-electron chi connectivity index (χ1n) is 10.5. The minimum atomic E-state index is -4.51. The summed E-state index contributed by atoms with van der Waals surface area (Å²) in [4.78, 5) is 27.9. The molecule has 0 unspecified atom stereocenters. The molecule has 2 fully saturated rings. The Balaban J connectivity index is 1.38. The van der Waals surface area contributed by atoms with E-state index in [9.17, 15) is 18.0 Å². The second-order valence-electron chi connectivity index (χ2n) is 8.17. The lowest BCUT2D eigenvalue weighted by molar-refractivity contribution is -0.137. The van der Waals surface area contributed by atoms with Crippen LogP contribution >= 0.6 is 11.6 Å². The first-order chi connectivity index (χ1) is 15.8. The number of aromatic nitrogens is 3. The molecule has 2 saturated heterocycles. The summed E-state index contributed by atoms with van der Waals surface area (Å²) in [7, 11) is 0. The second-order valence-corrected chi connectivity index (χ2v) is 8.57. The van der Waals surface area contributed by atoms with Gasteiger partial charge in [0.2, 0.25) is 0 Å². The van der Waals surface area contributed by atoms with Crippen molar-refractivity contribution in [2.75, 3.05) is 5.32 Å². The molecule has 1 aromatic carbocycles. The molecule has 0 spiro atoms. The van der Waals surface area contributed by atoms with Gasteiger partial charge in [-0.05, 0) is 37.5 Å². The number of anilines is 1. The Bertz CT molecular complexity index is 1190. The zero-order valence-corrected chi connectivity index (χ0v) is 18.0. The van der Waals surface area contributed by atoms with E-state index < -0.39 is 11.7 Å².